The number of urea groups is 1. The van der Waals surface area contributed by atoms with E-state index in [-0.39, 0.29) is 24.4 Å². The summed E-state index contributed by atoms with van der Waals surface area (Å²) in [6.07, 6.45) is 1.82. The molecule has 162 valence electrons. The molecular weight excluding hydrogens is 394 g/mol. The number of amides is 4. The van der Waals surface area contributed by atoms with Crippen LogP contribution in [-0.4, -0.2) is 48.0 Å². The van der Waals surface area contributed by atoms with Crippen LogP contribution in [0.3, 0.4) is 0 Å². The van der Waals surface area contributed by atoms with Gasteiger partial charge in [0.2, 0.25) is 5.91 Å². The van der Waals surface area contributed by atoms with Crippen molar-refractivity contribution in [3.8, 4) is 5.75 Å². The van der Waals surface area contributed by atoms with E-state index in [0.29, 0.717) is 12.8 Å². The van der Waals surface area contributed by atoms with E-state index in [0.717, 1.165) is 33.9 Å². The number of rotatable bonds is 6. The summed E-state index contributed by atoms with van der Waals surface area (Å²) in [4.78, 5) is 41.5. The van der Waals surface area contributed by atoms with Gasteiger partial charge in [-0.3, -0.25) is 14.5 Å². The zero-order valence-electron chi connectivity index (χ0n) is 18.1. The van der Waals surface area contributed by atoms with Crippen molar-refractivity contribution in [2.24, 2.45) is 0 Å². The van der Waals surface area contributed by atoms with Gasteiger partial charge < -0.3 is 15.0 Å². The minimum Gasteiger partial charge on any atom is -0.497 e. The maximum absolute atomic E-state index is 13.1. The van der Waals surface area contributed by atoms with Crippen molar-refractivity contribution < 1.29 is 19.1 Å². The first-order chi connectivity index (χ1) is 14.8. The number of imide groups is 1. The molecule has 2 aromatic carbocycles. The van der Waals surface area contributed by atoms with E-state index in [1.807, 2.05) is 55.5 Å². The Morgan fingerprint density at radius 3 is 2.58 bits per heavy atom. The standard InChI is InChI=1S/C24H27N3O4/c1-16-14-18-6-4-5-7-20(18)27(16)21(28)15-26-22(29)24(2,25-23(26)30)13-12-17-8-10-19(31-3)11-9-17/h4-11,16H,12-15H2,1-3H3,(H,25,30)/t16-,24-/m0/s1. The number of hydrogen-bond acceptors (Lipinski definition) is 4. The molecule has 0 aromatic heterocycles. The summed E-state index contributed by atoms with van der Waals surface area (Å²) in [5.41, 5.74) is 1.96. The lowest BCUT2D eigenvalue weighted by Gasteiger charge is -2.25. The zero-order chi connectivity index (χ0) is 22.2. The fraction of sp³-hybridized carbons (Fsp3) is 0.375. The van der Waals surface area contributed by atoms with Crippen LogP contribution in [0, 0.1) is 0 Å². The van der Waals surface area contributed by atoms with Crippen LogP contribution in [0.15, 0.2) is 48.5 Å². The zero-order valence-corrected chi connectivity index (χ0v) is 18.1. The van der Waals surface area contributed by atoms with E-state index < -0.39 is 11.6 Å². The number of methoxy groups -OCH3 is 1. The summed E-state index contributed by atoms with van der Waals surface area (Å²) in [5, 5.41) is 2.79. The highest BCUT2D eigenvalue weighted by Gasteiger charge is 2.48. The molecule has 4 amide bonds. The molecule has 7 nitrogen and oxygen atoms in total. The average Bonchev–Trinajstić information content (AvgIpc) is 3.21. The Balaban J connectivity index is 1.43. The summed E-state index contributed by atoms with van der Waals surface area (Å²) in [6.45, 7) is 3.43. The number of para-hydroxylation sites is 1. The number of hydrogen-bond donors (Lipinski definition) is 1. The molecule has 2 aromatic rings. The van der Waals surface area contributed by atoms with Crippen LogP contribution in [0.4, 0.5) is 10.5 Å². The number of carbonyl (C=O) groups is 3. The predicted molar refractivity (Wildman–Crippen MR) is 117 cm³/mol. The molecular formula is C24H27N3O4. The lowest BCUT2D eigenvalue weighted by molar-refractivity contribution is -0.134. The second-order valence-corrected chi connectivity index (χ2v) is 8.45. The first-order valence-corrected chi connectivity index (χ1v) is 10.5. The summed E-state index contributed by atoms with van der Waals surface area (Å²) in [6, 6.07) is 14.8. The normalized spacial score (nSPS) is 22.5. The molecule has 0 aliphatic carbocycles. The van der Waals surface area contributed by atoms with Crippen molar-refractivity contribution in [3.63, 3.8) is 0 Å². The highest BCUT2D eigenvalue weighted by Crippen LogP contribution is 2.32. The lowest BCUT2D eigenvalue weighted by Crippen LogP contribution is -2.47. The molecule has 0 spiro atoms. The van der Waals surface area contributed by atoms with Crippen LogP contribution in [0.25, 0.3) is 0 Å². The molecule has 1 fully saturated rings. The third kappa shape index (κ3) is 3.87. The van der Waals surface area contributed by atoms with Gasteiger partial charge in [-0.15, -0.1) is 0 Å². The molecule has 0 unspecified atom stereocenters. The van der Waals surface area contributed by atoms with Gasteiger partial charge in [-0.05, 0) is 62.4 Å². The minimum atomic E-state index is -1.04. The van der Waals surface area contributed by atoms with Crippen LogP contribution in [0.1, 0.15) is 31.4 Å². The Kier molecular flexibility index (Phi) is 5.43. The second kappa shape index (κ2) is 8.06. The number of nitrogens with one attached hydrogen (secondary N) is 1. The smallest absolute Gasteiger partial charge is 0.325 e. The molecule has 2 aliphatic rings. The molecule has 7 heteroatoms. The summed E-state index contributed by atoms with van der Waals surface area (Å²) in [5.74, 6) is 0.155. The van der Waals surface area contributed by atoms with E-state index in [2.05, 4.69) is 5.32 Å². The van der Waals surface area contributed by atoms with Crippen LogP contribution < -0.4 is 15.0 Å². The van der Waals surface area contributed by atoms with Crippen molar-refractivity contribution in [1.29, 1.82) is 0 Å². The number of carbonyl (C=O) groups excluding carboxylic acids is 3. The topological polar surface area (TPSA) is 79.0 Å². The first-order valence-electron chi connectivity index (χ1n) is 10.5. The van der Waals surface area contributed by atoms with Crippen molar-refractivity contribution in [1.82, 2.24) is 10.2 Å². The molecule has 2 heterocycles. The molecule has 31 heavy (non-hydrogen) atoms. The van der Waals surface area contributed by atoms with E-state index in [1.165, 1.54) is 0 Å². The molecule has 2 aliphatic heterocycles. The lowest BCUT2D eigenvalue weighted by atomic mass is 9.93. The third-order valence-corrected chi connectivity index (χ3v) is 6.19. The van der Waals surface area contributed by atoms with Gasteiger partial charge in [0.05, 0.1) is 7.11 Å². The predicted octanol–water partition coefficient (Wildman–Crippen LogP) is 2.92. The van der Waals surface area contributed by atoms with Gasteiger partial charge in [-0.25, -0.2) is 4.79 Å². The van der Waals surface area contributed by atoms with Gasteiger partial charge in [0.25, 0.3) is 5.91 Å². The van der Waals surface area contributed by atoms with Gasteiger partial charge in [-0.2, -0.15) is 0 Å². The van der Waals surface area contributed by atoms with Crippen molar-refractivity contribution in [3.05, 3.63) is 59.7 Å². The van der Waals surface area contributed by atoms with Gasteiger partial charge in [0, 0.05) is 11.7 Å². The molecule has 0 saturated carbocycles. The number of ether oxygens (including phenoxy) is 1. The third-order valence-electron chi connectivity index (χ3n) is 6.19. The van der Waals surface area contributed by atoms with Gasteiger partial charge in [-0.1, -0.05) is 30.3 Å². The summed E-state index contributed by atoms with van der Waals surface area (Å²) >= 11 is 0. The fourth-order valence-electron chi connectivity index (χ4n) is 4.40. The minimum absolute atomic E-state index is 0.00729. The maximum Gasteiger partial charge on any atom is 0.325 e. The number of nitrogens with zero attached hydrogens (tertiary/aromatic N) is 2. The molecule has 0 bridgehead atoms. The fourth-order valence-corrected chi connectivity index (χ4v) is 4.40. The number of benzene rings is 2. The molecule has 4 rings (SSSR count). The number of aryl methyl sites for hydroxylation is 1. The Morgan fingerprint density at radius 1 is 1.16 bits per heavy atom. The van der Waals surface area contributed by atoms with E-state index in [4.69, 9.17) is 4.74 Å². The van der Waals surface area contributed by atoms with E-state index in [1.54, 1.807) is 18.9 Å². The van der Waals surface area contributed by atoms with E-state index >= 15 is 0 Å². The summed E-state index contributed by atoms with van der Waals surface area (Å²) < 4.78 is 5.17. The summed E-state index contributed by atoms with van der Waals surface area (Å²) in [7, 11) is 1.61. The quantitative estimate of drug-likeness (QED) is 0.728. The maximum atomic E-state index is 13.1. The van der Waals surface area contributed by atoms with Crippen LogP contribution in [0.2, 0.25) is 0 Å². The highest BCUT2D eigenvalue weighted by atomic mass is 16.5. The first kappa shape index (κ1) is 20.9. The molecule has 0 radical (unpaired) electrons. The Morgan fingerprint density at radius 2 is 1.87 bits per heavy atom. The number of fused-ring (bicyclic) bond motifs is 1. The average molecular weight is 421 g/mol. The second-order valence-electron chi connectivity index (χ2n) is 8.45. The van der Waals surface area contributed by atoms with Gasteiger partial charge >= 0.3 is 6.03 Å². The van der Waals surface area contributed by atoms with Crippen LogP contribution in [-0.2, 0) is 22.4 Å². The van der Waals surface area contributed by atoms with E-state index in [9.17, 15) is 14.4 Å². The number of anilines is 1. The largest absolute Gasteiger partial charge is 0.497 e. The SMILES string of the molecule is COc1ccc(CC[C@]2(C)NC(=O)N(CC(=O)N3c4ccccc4C[C@@H]3C)C2=O)cc1. The van der Waals surface area contributed by atoms with Gasteiger partial charge in [0.1, 0.15) is 17.8 Å². The molecule has 1 saturated heterocycles. The van der Waals surface area contributed by atoms with Crippen LogP contribution >= 0.6 is 0 Å². The van der Waals surface area contributed by atoms with Crippen molar-refractivity contribution >= 4 is 23.5 Å². The molecule has 2 atom stereocenters. The highest BCUT2D eigenvalue weighted by molar-refractivity contribution is 6.10. The Hall–Kier alpha value is -3.35. The Labute approximate surface area is 182 Å². The molecule has 1 N–H and O–H groups in total. The van der Waals surface area contributed by atoms with Crippen molar-refractivity contribution in [2.75, 3.05) is 18.6 Å². The Bertz CT molecular complexity index is 1020. The van der Waals surface area contributed by atoms with Crippen molar-refractivity contribution in [2.45, 2.75) is 44.7 Å². The monoisotopic (exact) mass is 421 g/mol. The van der Waals surface area contributed by atoms with Crippen LogP contribution in [0.5, 0.6) is 5.75 Å². The van der Waals surface area contributed by atoms with Gasteiger partial charge in [0.15, 0.2) is 0 Å².